The summed E-state index contributed by atoms with van der Waals surface area (Å²) in [6.07, 6.45) is 0. The zero-order valence-electron chi connectivity index (χ0n) is 16.2. The van der Waals surface area contributed by atoms with Crippen LogP contribution < -0.4 is 10.1 Å². The maximum atomic E-state index is 12.7. The van der Waals surface area contributed by atoms with Crippen LogP contribution in [-0.2, 0) is 10.0 Å². The van der Waals surface area contributed by atoms with E-state index in [1.807, 2.05) is 31.2 Å². The summed E-state index contributed by atoms with van der Waals surface area (Å²) in [5.74, 6) is 0.263. The number of nitrogens with zero attached hydrogens (tertiary/aromatic N) is 1. The van der Waals surface area contributed by atoms with Crippen LogP contribution in [0.15, 0.2) is 47.4 Å². The molecule has 6 nitrogen and oxygen atoms in total. The molecule has 0 aromatic heterocycles. The van der Waals surface area contributed by atoms with E-state index in [0.717, 1.165) is 5.56 Å². The molecule has 0 unspecified atom stereocenters. The Hall–Kier alpha value is -2.09. The summed E-state index contributed by atoms with van der Waals surface area (Å²) < 4.78 is 32.2. The van der Waals surface area contributed by atoms with Crippen molar-refractivity contribution in [2.45, 2.75) is 25.7 Å². The third-order valence-electron chi connectivity index (χ3n) is 4.20. The van der Waals surface area contributed by atoms with Gasteiger partial charge in [-0.05, 0) is 37.3 Å². The molecule has 28 heavy (non-hydrogen) atoms. The van der Waals surface area contributed by atoms with E-state index >= 15 is 0 Å². The first-order valence-corrected chi connectivity index (χ1v) is 10.9. The number of aryl methyl sites for hydroxylation is 1. The van der Waals surface area contributed by atoms with Gasteiger partial charge in [0, 0.05) is 13.1 Å². The first-order valence-electron chi connectivity index (χ1n) is 9.07. The van der Waals surface area contributed by atoms with Gasteiger partial charge in [0.1, 0.15) is 12.4 Å². The van der Waals surface area contributed by atoms with Crippen LogP contribution in [0.25, 0.3) is 0 Å². The molecule has 8 heteroatoms. The third kappa shape index (κ3) is 5.47. The topological polar surface area (TPSA) is 75.7 Å². The van der Waals surface area contributed by atoms with Gasteiger partial charge in [0.2, 0.25) is 10.0 Å². The highest BCUT2D eigenvalue weighted by molar-refractivity contribution is 7.89. The van der Waals surface area contributed by atoms with Gasteiger partial charge in [0.25, 0.3) is 5.91 Å². The number of hydrogen-bond acceptors (Lipinski definition) is 4. The highest BCUT2D eigenvalue weighted by atomic mass is 35.5. The molecule has 0 aliphatic heterocycles. The van der Waals surface area contributed by atoms with Crippen molar-refractivity contribution in [3.8, 4) is 5.75 Å². The first-order chi connectivity index (χ1) is 13.3. The number of nitrogens with one attached hydrogen (secondary N) is 1. The highest BCUT2D eigenvalue weighted by Gasteiger charge is 2.23. The van der Waals surface area contributed by atoms with Crippen molar-refractivity contribution in [2.75, 3.05) is 26.2 Å². The molecule has 152 valence electrons. The summed E-state index contributed by atoms with van der Waals surface area (Å²) >= 11 is 6.11. The number of rotatable bonds is 9. The molecule has 2 aromatic carbocycles. The molecule has 0 bridgehead atoms. The molecule has 0 atom stereocenters. The normalized spacial score (nSPS) is 11.5. The highest BCUT2D eigenvalue weighted by Crippen LogP contribution is 2.23. The average Bonchev–Trinajstić information content (AvgIpc) is 2.67. The molecule has 1 amide bonds. The summed E-state index contributed by atoms with van der Waals surface area (Å²) in [6.45, 7) is 6.75. The largest absolute Gasteiger partial charge is 0.492 e. The third-order valence-corrected chi connectivity index (χ3v) is 6.58. The van der Waals surface area contributed by atoms with Crippen molar-refractivity contribution in [2.24, 2.45) is 0 Å². The number of ether oxygens (including phenoxy) is 1. The Bertz CT molecular complexity index is 910. The minimum absolute atomic E-state index is 0.0432. The quantitative estimate of drug-likeness (QED) is 0.625. The Balaban J connectivity index is 2.03. The van der Waals surface area contributed by atoms with Crippen molar-refractivity contribution in [1.82, 2.24) is 9.62 Å². The second kappa shape index (κ2) is 9.91. The molecule has 0 aliphatic carbocycles. The predicted octanol–water partition coefficient (Wildman–Crippen LogP) is 3.49. The summed E-state index contributed by atoms with van der Waals surface area (Å²) in [7, 11) is -3.67. The minimum Gasteiger partial charge on any atom is -0.492 e. The Kier molecular flexibility index (Phi) is 7.86. The van der Waals surface area contributed by atoms with Crippen molar-refractivity contribution >= 4 is 27.5 Å². The summed E-state index contributed by atoms with van der Waals surface area (Å²) in [6, 6.07) is 11.7. The SMILES string of the molecule is CCN(CC)S(=O)(=O)c1ccc(Cl)c(C(=O)NCCOc2ccc(C)cc2)c1. The Labute approximate surface area is 171 Å². The van der Waals surface area contributed by atoms with Crippen molar-refractivity contribution in [1.29, 1.82) is 0 Å². The molecule has 0 radical (unpaired) electrons. The Morgan fingerprint density at radius 2 is 1.75 bits per heavy atom. The molecule has 2 aromatic rings. The minimum atomic E-state index is -3.67. The van der Waals surface area contributed by atoms with Gasteiger partial charge in [0.05, 0.1) is 22.0 Å². The van der Waals surface area contributed by atoms with Gasteiger partial charge in [-0.15, -0.1) is 0 Å². The fourth-order valence-electron chi connectivity index (χ4n) is 2.61. The van der Waals surface area contributed by atoms with Crippen LogP contribution in [0.1, 0.15) is 29.8 Å². The molecule has 0 fully saturated rings. The maximum absolute atomic E-state index is 12.7. The van der Waals surface area contributed by atoms with Gasteiger partial charge in [0.15, 0.2) is 0 Å². The zero-order chi connectivity index (χ0) is 20.7. The van der Waals surface area contributed by atoms with Crippen LogP contribution >= 0.6 is 11.6 Å². The van der Waals surface area contributed by atoms with Crippen LogP contribution in [0.3, 0.4) is 0 Å². The van der Waals surface area contributed by atoms with E-state index in [1.54, 1.807) is 13.8 Å². The van der Waals surface area contributed by atoms with Crippen LogP contribution in [0.2, 0.25) is 5.02 Å². The molecule has 0 spiro atoms. The van der Waals surface area contributed by atoms with Crippen LogP contribution in [0.5, 0.6) is 5.75 Å². The van der Waals surface area contributed by atoms with E-state index in [0.29, 0.717) is 18.8 Å². The molecular formula is C20H25ClN2O4S. The van der Waals surface area contributed by atoms with E-state index < -0.39 is 15.9 Å². The number of hydrogen-bond donors (Lipinski definition) is 1. The van der Waals surface area contributed by atoms with Crippen molar-refractivity contribution in [3.63, 3.8) is 0 Å². The number of halogens is 1. The molecular weight excluding hydrogens is 400 g/mol. The number of sulfonamides is 1. The number of benzene rings is 2. The average molecular weight is 425 g/mol. The number of carbonyl (C=O) groups excluding carboxylic acids is 1. The lowest BCUT2D eigenvalue weighted by Crippen LogP contribution is -2.31. The predicted molar refractivity (Wildman–Crippen MR) is 111 cm³/mol. The molecule has 0 heterocycles. The van der Waals surface area contributed by atoms with E-state index in [-0.39, 0.29) is 28.6 Å². The standard InChI is InChI=1S/C20H25ClN2O4S/c1-4-23(5-2)28(25,26)17-10-11-19(21)18(14-17)20(24)22-12-13-27-16-8-6-15(3)7-9-16/h6-11,14H,4-5,12-13H2,1-3H3,(H,22,24). The fourth-order valence-corrected chi connectivity index (χ4v) is 4.30. The maximum Gasteiger partial charge on any atom is 0.252 e. The second-order valence-electron chi connectivity index (χ2n) is 6.15. The lowest BCUT2D eigenvalue weighted by atomic mass is 10.2. The van der Waals surface area contributed by atoms with E-state index in [4.69, 9.17) is 16.3 Å². The van der Waals surface area contributed by atoms with Crippen molar-refractivity contribution in [3.05, 3.63) is 58.6 Å². The molecule has 0 aliphatic rings. The van der Waals surface area contributed by atoms with Gasteiger partial charge in [-0.3, -0.25) is 4.79 Å². The van der Waals surface area contributed by atoms with E-state index in [2.05, 4.69) is 5.32 Å². The van der Waals surface area contributed by atoms with Gasteiger partial charge in [-0.2, -0.15) is 4.31 Å². The molecule has 1 N–H and O–H groups in total. The summed E-state index contributed by atoms with van der Waals surface area (Å²) in [4.78, 5) is 12.5. The Morgan fingerprint density at radius 1 is 1.11 bits per heavy atom. The summed E-state index contributed by atoms with van der Waals surface area (Å²) in [5, 5.41) is 2.89. The lowest BCUT2D eigenvalue weighted by molar-refractivity contribution is 0.0947. The zero-order valence-corrected chi connectivity index (χ0v) is 17.8. The van der Waals surface area contributed by atoms with Crippen molar-refractivity contribution < 1.29 is 17.9 Å². The van der Waals surface area contributed by atoms with Crippen LogP contribution in [0.4, 0.5) is 0 Å². The first kappa shape index (κ1) is 22.2. The number of amides is 1. The fraction of sp³-hybridized carbons (Fsp3) is 0.350. The smallest absolute Gasteiger partial charge is 0.252 e. The van der Waals surface area contributed by atoms with Crippen LogP contribution in [0, 0.1) is 6.92 Å². The number of carbonyl (C=O) groups is 1. The monoisotopic (exact) mass is 424 g/mol. The van der Waals surface area contributed by atoms with Gasteiger partial charge >= 0.3 is 0 Å². The van der Waals surface area contributed by atoms with Gasteiger partial charge < -0.3 is 10.1 Å². The van der Waals surface area contributed by atoms with Gasteiger partial charge in [-0.25, -0.2) is 8.42 Å². The van der Waals surface area contributed by atoms with Gasteiger partial charge in [-0.1, -0.05) is 43.1 Å². The molecule has 0 saturated heterocycles. The van der Waals surface area contributed by atoms with Crippen LogP contribution in [-0.4, -0.2) is 44.9 Å². The molecule has 0 saturated carbocycles. The summed E-state index contributed by atoms with van der Waals surface area (Å²) in [5.41, 5.74) is 1.25. The van der Waals surface area contributed by atoms with E-state index in [9.17, 15) is 13.2 Å². The second-order valence-corrected chi connectivity index (χ2v) is 8.49. The lowest BCUT2D eigenvalue weighted by Gasteiger charge is -2.19. The van der Waals surface area contributed by atoms with E-state index in [1.165, 1.54) is 22.5 Å². The Morgan fingerprint density at radius 3 is 2.36 bits per heavy atom. The molecule has 2 rings (SSSR count).